The van der Waals surface area contributed by atoms with Crippen LogP contribution >= 0.6 is 35.0 Å². The fourth-order valence-electron chi connectivity index (χ4n) is 2.18. The maximum absolute atomic E-state index is 12.4. The number of halogens is 2. The van der Waals surface area contributed by atoms with E-state index < -0.39 is 5.25 Å². The third-order valence-electron chi connectivity index (χ3n) is 3.63. The topological polar surface area (TPSA) is 70.7 Å². The summed E-state index contributed by atoms with van der Waals surface area (Å²) < 4.78 is 0. The van der Waals surface area contributed by atoms with Crippen LogP contribution in [0.3, 0.4) is 0 Å². The lowest BCUT2D eigenvalue weighted by atomic mass is 10.1. The highest BCUT2D eigenvalue weighted by Gasteiger charge is 2.18. The first-order valence-electron chi connectivity index (χ1n) is 7.84. The second-order valence-corrected chi connectivity index (χ2v) is 7.86. The van der Waals surface area contributed by atoms with Crippen molar-refractivity contribution < 1.29 is 4.79 Å². The van der Waals surface area contributed by atoms with Crippen LogP contribution in [0.2, 0.25) is 10.0 Å². The summed E-state index contributed by atoms with van der Waals surface area (Å²) in [4.78, 5) is 16.8. The van der Waals surface area contributed by atoms with E-state index >= 15 is 0 Å². The monoisotopic (exact) mass is 406 g/mol. The summed E-state index contributed by atoms with van der Waals surface area (Å²) >= 11 is 13.2. The molecule has 0 aliphatic heterocycles. The molecule has 1 atom stereocenters. The summed E-state index contributed by atoms with van der Waals surface area (Å²) in [7, 11) is 0. The van der Waals surface area contributed by atoms with Crippen molar-refractivity contribution >= 4 is 46.6 Å². The summed E-state index contributed by atoms with van der Waals surface area (Å²) in [6.07, 6.45) is 0. The number of aryl methyl sites for hydroxylation is 1. The van der Waals surface area contributed by atoms with Crippen molar-refractivity contribution in [1.29, 1.82) is 0 Å². The Balaban J connectivity index is 1.65. The number of hydrogen-bond acceptors (Lipinski definition) is 4. The molecule has 0 unspecified atom stereocenters. The van der Waals surface area contributed by atoms with Crippen LogP contribution in [0.4, 0.5) is 5.69 Å². The molecule has 0 saturated heterocycles. The zero-order chi connectivity index (χ0) is 18.7. The van der Waals surface area contributed by atoms with Crippen molar-refractivity contribution in [2.45, 2.75) is 24.3 Å². The first kappa shape index (κ1) is 18.8. The van der Waals surface area contributed by atoms with Crippen LogP contribution in [-0.4, -0.2) is 26.3 Å². The molecule has 3 rings (SSSR count). The van der Waals surface area contributed by atoms with Gasteiger partial charge in [-0.2, -0.15) is 0 Å². The van der Waals surface area contributed by atoms with Crippen molar-refractivity contribution in [2.75, 3.05) is 5.32 Å². The van der Waals surface area contributed by atoms with Crippen molar-refractivity contribution in [2.24, 2.45) is 0 Å². The zero-order valence-electron chi connectivity index (χ0n) is 14.1. The normalized spacial score (nSPS) is 12.0. The number of aromatic amines is 1. The molecule has 1 heterocycles. The number of carbonyl (C=O) groups excluding carboxylic acids is 1. The maximum Gasteiger partial charge on any atom is 0.237 e. The minimum Gasteiger partial charge on any atom is -0.324 e. The largest absolute Gasteiger partial charge is 0.324 e. The van der Waals surface area contributed by atoms with E-state index in [1.165, 1.54) is 17.3 Å². The number of amides is 1. The highest BCUT2D eigenvalue weighted by Crippen LogP contribution is 2.27. The molecule has 134 valence electrons. The Bertz CT molecular complexity index is 927. The van der Waals surface area contributed by atoms with Gasteiger partial charge in [-0.3, -0.25) is 9.89 Å². The number of carbonyl (C=O) groups is 1. The molecule has 0 radical (unpaired) electrons. The fraction of sp³-hybridized carbons (Fsp3) is 0.167. The molecule has 0 fully saturated rings. The Kier molecular flexibility index (Phi) is 5.86. The number of rotatable bonds is 5. The van der Waals surface area contributed by atoms with Gasteiger partial charge in [0.05, 0.1) is 16.0 Å². The molecular weight excluding hydrogens is 391 g/mol. The minimum absolute atomic E-state index is 0.194. The number of hydrogen-bond donors (Lipinski definition) is 2. The van der Waals surface area contributed by atoms with Crippen LogP contribution < -0.4 is 5.32 Å². The fourth-order valence-corrected chi connectivity index (χ4v) is 3.36. The van der Waals surface area contributed by atoms with Gasteiger partial charge < -0.3 is 5.32 Å². The second-order valence-electron chi connectivity index (χ2n) is 5.71. The number of nitrogens with zero attached hydrogens (tertiary/aromatic N) is 2. The Morgan fingerprint density at radius 1 is 1.19 bits per heavy atom. The molecule has 5 nitrogen and oxygen atoms in total. The van der Waals surface area contributed by atoms with Gasteiger partial charge in [0.1, 0.15) is 0 Å². The van der Waals surface area contributed by atoms with Gasteiger partial charge in [0.2, 0.25) is 11.1 Å². The van der Waals surface area contributed by atoms with Crippen LogP contribution in [-0.2, 0) is 4.79 Å². The van der Waals surface area contributed by atoms with Crippen molar-refractivity contribution in [3.05, 3.63) is 58.1 Å². The molecule has 0 aliphatic carbocycles. The molecule has 2 N–H and O–H groups in total. The maximum atomic E-state index is 12.4. The lowest BCUT2D eigenvalue weighted by Gasteiger charge is -2.11. The Morgan fingerprint density at radius 2 is 1.92 bits per heavy atom. The number of benzene rings is 2. The Hall–Kier alpha value is -2.02. The highest BCUT2D eigenvalue weighted by atomic mass is 35.5. The first-order valence-corrected chi connectivity index (χ1v) is 9.48. The third-order valence-corrected chi connectivity index (χ3v) is 5.14. The van der Waals surface area contributed by atoms with Crippen LogP contribution in [0.1, 0.15) is 12.5 Å². The number of aromatic nitrogens is 3. The molecule has 26 heavy (non-hydrogen) atoms. The third kappa shape index (κ3) is 4.58. The molecule has 8 heteroatoms. The van der Waals surface area contributed by atoms with Crippen molar-refractivity contribution in [3.63, 3.8) is 0 Å². The average Bonchev–Trinajstić information content (AvgIpc) is 3.06. The molecular formula is C18H16Cl2N4OS. The van der Waals surface area contributed by atoms with Gasteiger partial charge in [-0.1, -0.05) is 64.8 Å². The van der Waals surface area contributed by atoms with Crippen molar-refractivity contribution in [3.8, 4) is 11.4 Å². The van der Waals surface area contributed by atoms with Crippen LogP contribution in [0.5, 0.6) is 0 Å². The molecule has 0 aliphatic rings. The van der Waals surface area contributed by atoms with Crippen molar-refractivity contribution in [1.82, 2.24) is 15.2 Å². The molecule has 3 aromatic rings. The SMILES string of the molecule is Cc1ccc(-c2nc(S[C@@H](C)C(=O)Nc3ccc(Cl)cc3Cl)n[nH]2)cc1. The lowest BCUT2D eigenvalue weighted by molar-refractivity contribution is -0.115. The second kappa shape index (κ2) is 8.12. The van der Waals surface area contributed by atoms with Crippen LogP contribution in [0.15, 0.2) is 47.6 Å². The van der Waals surface area contributed by atoms with Gasteiger partial charge in [-0.05, 0) is 32.0 Å². The van der Waals surface area contributed by atoms with Crippen LogP contribution in [0.25, 0.3) is 11.4 Å². The molecule has 2 aromatic carbocycles. The Labute approximate surface area is 165 Å². The predicted octanol–water partition coefficient (Wildman–Crippen LogP) is 5.21. The van der Waals surface area contributed by atoms with E-state index in [2.05, 4.69) is 20.5 Å². The standard InChI is InChI=1S/C18H16Cl2N4OS/c1-10-3-5-12(6-4-10)16-22-18(24-23-16)26-11(2)17(25)21-15-8-7-13(19)9-14(15)20/h3-9,11H,1-2H3,(H,21,25)(H,22,23,24)/t11-/m0/s1. The van der Waals surface area contributed by atoms with Gasteiger partial charge in [0, 0.05) is 10.6 Å². The first-order chi connectivity index (χ1) is 12.4. The zero-order valence-corrected chi connectivity index (χ0v) is 16.4. The van der Waals surface area contributed by atoms with E-state index in [1.807, 2.05) is 31.2 Å². The average molecular weight is 407 g/mol. The highest BCUT2D eigenvalue weighted by molar-refractivity contribution is 8.00. The lowest BCUT2D eigenvalue weighted by Crippen LogP contribution is -2.22. The van der Waals surface area contributed by atoms with Crippen LogP contribution in [0, 0.1) is 6.92 Å². The number of nitrogens with one attached hydrogen (secondary N) is 2. The molecule has 1 amide bonds. The number of thioether (sulfide) groups is 1. The van der Waals surface area contributed by atoms with Gasteiger partial charge in [0.25, 0.3) is 0 Å². The van der Waals surface area contributed by atoms with E-state index in [9.17, 15) is 4.79 Å². The van der Waals surface area contributed by atoms with Gasteiger partial charge >= 0.3 is 0 Å². The van der Waals surface area contributed by atoms with Gasteiger partial charge in [-0.25, -0.2) is 4.98 Å². The predicted molar refractivity (Wildman–Crippen MR) is 107 cm³/mol. The molecule has 0 bridgehead atoms. The summed E-state index contributed by atoms with van der Waals surface area (Å²) in [5.74, 6) is 0.474. The van der Waals surface area contributed by atoms with E-state index in [0.29, 0.717) is 26.7 Å². The summed E-state index contributed by atoms with van der Waals surface area (Å²) in [6, 6.07) is 12.9. The molecule has 0 spiro atoms. The molecule has 1 aromatic heterocycles. The summed E-state index contributed by atoms with van der Waals surface area (Å²) in [6.45, 7) is 3.81. The quantitative estimate of drug-likeness (QED) is 0.570. The summed E-state index contributed by atoms with van der Waals surface area (Å²) in [5, 5.41) is 10.9. The Morgan fingerprint density at radius 3 is 2.62 bits per heavy atom. The number of H-pyrrole nitrogens is 1. The van der Waals surface area contributed by atoms with E-state index in [4.69, 9.17) is 23.2 Å². The van der Waals surface area contributed by atoms with Gasteiger partial charge in [0.15, 0.2) is 5.82 Å². The minimum atomic E-state index is -0.400. The smallest absolute Gasteiger partial charge is 0.237 e. The van der Waals surface area contributed by atoms with E-state index in [1.54, 1.807) is 25.1 Å². The van der Waals surface area contributed by atoms with E-state index in [0.717, 1.165) is 5.56 Å². The molecule has 0 saturated carbocycles. The number of anilines is 1. The van der Waals surface area contributed by atoms with Gasteiger partial charge in [-0.15, -0.1) is 5.10 Å². The van der Waals surface area contributed by atoms with E-state index in [-0.39, 0.29) is 5.91 Å². The summed E-state index contributed by atoms with van der Waals surface area (Å²) in [5.41, 5.74) is 2.64.